The molecule has 0 N–H and O–H groups in total. The number of pyridine rings is 1. The summed E-state index contributed by atoms with van der Waals surface area (Å²) in [7, 11) is 0. The molecule has 7 atom stereocenters. The Morgan fingerprint density at radius 1 is 1.17 bits per heavy atom. The zero-order valence-electron chi connectivity index (χ0n) is 22.5. The van der Waals surface area contributed by atoms with Gasteiger partial charge in [-0.05, 0) is 31.0 Å². The van der Waals surface area contributed by atoms with E-state index in [1.807, 2.05) is 12.1 Å². The van der Waals surface area contributed by atoms with Crippen LogP contribution in [0.1, 0.15) is 47.8 Å². The molecule has 4 aliphatic rings. The minimum atomic E-state index is -1.52. The van der Waals surface area contributed by atoms with Gasteiger partial charge in [0.15, 0.2) is 11.8 Å². The number of likely N-dealkylation sites (tertiary alicyclic amines) is 1. The van der Waals surface area contributed by atoms with E-state index in [9.17, 15) is 24.8 Å². The van der Waals surface area contributed by atoms with Gasteiger partial charge in [-0.15, -0.1) is 10.1 Å². The summed E-state index contributed by atoms with van der Waals surface area (Å²) in [6.07, 6.45) is -4.55. The molecule has 1 aromatic heterocycles. The predicted molar refractivity (Wildman–Crippen MR) is 137 cm³/mol. The molecule has 14 nitrogen and oxygen atoms in total. The number of halogens is 1. The molecular weight excluding hydrogens is 578 g/mol. The van der Waals surface area contributed by atoms with Crippen LogP contribution in [0, 0.1) is 17.0 Å². The zero-order chi connectivity index (χ0) is 29.6. The van der Waals surface area contributed by atoms with E-state index in [-0.39, 0.29) is 44.5 Å². The average molecular weight is 606 g/mol. The van der Waals surface area contributed by atoms with E-state index in [2.05, 4.69) is 4.98 Å². The van der Waals surface area contributed by atoms with Gasteiger partial charge in [-0.25, -0.2) is 9.28 Å². The summed E-state index contributed by atoms with van der Waals surface area (Å²) >= 11 is 6.02. The second-order valence-electron chi connectivity index (χ2n) is 10.7. The van der Waals surface area contributed by atoms with Crippen molar-refractivity contribution in [3.05, 3.63) is 68.0 Å². The van der Waals surface area contributed by atoms with Gasteiger partial charge in [0.1, 0.15) is 24.9 Å². The van der Waals surface area contributed by atoms with Crippen molar-refractivity contribution in [3.63, 3.8) is 0 Å². The normalized spacial score (nSPS) is 31.7. The summed E-state index contributed by atoms with van der Waals surface area (Å²) < 4.78 is 28.1. The van der Waals surface area contributed by atoms with Gasteiger partial charge in [0.25, 0.3) is 11.2 Å². The molecule has 0 radical (unpaired) electrons. The van der Waals surface area contributed by atoms with Gasteiger partial charge in [-0.1, -0.05) is 23.7 Å². The SMILES string of the molecule is Cc1ncc2c(c1OC(=O)O[C@@H]1CC(O[N+](=O)[O-])CC[N+]1(C(=O)[O-])C1CO[C@H]3CCOC13)COC2c1ccc(Cl)cc1. The second-order valence-corrected chi connectivity index (χ2v) is 11.2. The number of amides is 1. The van der Waals surface area contributed by atoms with Crippen LogP contribution in [-0.4, -0.2) is 77.1 Å². The first-order chi connectivity index (χ1) is 20.2. The van der Waals surface area contributed by atoms with E-state index in [0.717, 1.165) is 5.56 Å². The number of carbonyl (C=O) groups excluding carboxylic acids is 2. The van der Waals surface area contributed by atoms with Crippen molar-refractivity contribution in [2.45, 2.75) is 69.5 Å². The highest BCUT2D eigenvalue weighted by atomic mass is 35.5. The van der Waals surface area contributed by atoms with Crippen LogP contribution in [0.3, 0.4) is 0 Å². The number of piperidine rings is 1. The van der Waals surface area contributed by atoms with Crippen molar-refractivity contribution < 1.29 is 52.8 Å². The lowest BCUT2D eigenvalue weighted by Crippen LogP contribution is -2.74. The number of rotatable bonds is 6. The maximum atomic E-state index is 13.3. The molecule has 6 rings (SSSR count). The van der Waals surface area contributed by atoms with Gasteiger partial charge >= 0.3 is 6.16 Å². The molecule has 5 unspecified atom stereocenters. The molecule has 0 saturated carbocycles. The fourth-order valence-corrected chi connectivity index (χ4v) is 6.63. The number of carbonyl (C=O) groups is 2. The predicted octanol–water partition coefficient (Wildman–Crippen LogP) is 2.59. The van der Waals surface area contributed by atoms with Crippen molar-refractivity contribution >= 4 is 23.8 Å². The van der Waals surface area contributed by atoms with E-state index in [4.69, 9.17) is 40.1 Å². The van der Waals surface area contributed by atoms with Crippen LogP contribution in [0.25, 0.3) is 0 Å². The van der Waals surface area contributed by atoms with Gasteiger partial charge in [0.05, 0.1) is 31.4 Å². The Morgan fingerprint density at radius 2 is 1.95 bits per heavy atom. The third-order valence-corrected chi connectivity index (χ3v) is 8.77. The van der Waals surface area contributed by atoms with Crippen LogP contribution in [0.4, 0.5) is 9.59 Å². The lowest BCUT2D eigenvalue weighted by atomic mass is 9.96. The smallest absolute Gasteiger partial charge is 0.498 e. The number of hydrogen-bond acceptors (Lipinski definition) is 12. The fourth-order valence-electron chi connectivity index (χ4n) is 6.51. The van der Waals surface area contributed by atoms with Crippen molar-refractivity contribution in [1.29, 1.82) is 0 Å². The summed E-state index contributed by atoms with van der Waals surface area (Å²) in [6.45, 7) is 2.02. The number of aromatic nitrogens is 1. The Labute approximate surface area is 244 Å². The second kappa shape index (κ2) is 11.3. The Balaban J connectivity index is 1.27. The van der Waals surface area contributed by atoms with Crippen molar-refractivity contribution in [2.75, 3.05) is 19.8 Å². The van der Waals surface area contributed by atoms with Crippen LogP contribution in [0.15, 0.2) is 30.5 Å². The molecular formula is C27H28ClN3O11. The Morgan fingerprint density at radius 3 is 2.69 bits per heavy atom. The summed E-state index contributed by atoms with van der Waals surface area (Å²) in [5.74, 6) is 0.123. The van der Waals surface area contributed by atoms with Crippen molar-refractivity contribution in [2.24, 2.45) is 0 Å². The number of nitrogens with zero attached hydrogens (tertiary/aromatic N) is 3. The summed E-state index contributed by atoms with van der Waals surface area (Å²) in [4.78, 5) is 46.4. The Kier molecular flexibility index (Phi) is 7.66. The summed E-state index contributed by atoms with van der Waals surface area (Å²) in [6, 6.07) is 6.36. The minimum Gasteiger partial charge on any atom is -0.498 e. The first-order valence-electron chi connectivity index (χ1n) is 13.5. The number of quaternary nitrogens is 1. The lowest BCUT2D eigenvalue weighted by Gasteiger charge is -2.50. The highest BCUT2D eigenvalue weighted by Gasteiger charge is 2.60. The molecule has 0 bridgehead atoms. The standard InChI is InChI=1S/C27H28ClN3O11/c1-14-23(19-12-39-24(18(19)11-29-14)15-2-4-16(28)5-3-15)41-27(34)40-22-10-17(42-30(35)36)6-8-31(22,26(32)33)20-13-38-21-7-9-37-25(20)21/h2-5,11,17,20-22,24-25H,6-10,12-13H2,1H3/t17?,20?,21-,22+,24?,25?,31?/m0/s1. The highest BCUT2D eigenvalue weighted by molar-refractivity contribution is 6.30. The fraction of sp³-hybridized carbons (Fsp3) is 0.519. The summed E-state index contributed by atoms with van der Waals surface area (Å²) in [5, 5.41) is 23.5. The summed E-state index contributed by atoms with van der Waals surface area (Å²) in [5.41, 5.74) is 2.50. The quantitative estimate of drug-likeness (QED) is 0.204. The number of fused-ring (bicyclic) bond motifs is 2. The third kappa shape index (κ3) is 5.02. The van der Waals surface area contributed by atoms with Crippen LogP contribution >= 0.6 is 11.6 Å². The first kappa shape index (κ1) is 28.6. The Hall–Kier alpha value is -3.56. The van der Waals surface area contributed by atoms with Gasteiger partial charge in [-0.3, -0.25) is 4.98 Å². The third-order valence-electron chi connectivity index (χ3n) is 8.52. The molecule has 3 fully saturated rings. The molecule has 1 amide bonds. The van der Waals surface area contributed by atoms with Gasteiger partial charge in [-0.2, -0.15) is 0 Å². The van der Waals surface area contributed by atoms with E-state index in [1.165, 1.54) is 0 Å². The van der Waals surface area contributed by atoms with E-state index >= 15 is 0 Å². The zero-order valence-corrected chi connectivity index (χ0v) is 23.3. The topological polar surface area (TPSA) is 169 Å². The van der Waals surface area contributed by atoms with E-state index in [1.54, 1.807) is 25.3 Å². The molecule has 4 aliphatic heterocycles. The molecule has 15 heteroatoms. The monoisotopic (exact) mass is 605 g/mol. The van der Waals surface area contributed by atoms with E-state index in [0.29, 0.717) is 34.9 Å². The number of benzene rings is 1. The van der Waals surface area contributed by atoms with Crippen LogP contribution < -0.4 is 9.84 Å². The molecule has 224 valence electrons. The molecule has 0 spiro atoms. The molecule has 2 aromatic rings. The maximum absolute atomic E-state index is 13.3. The molecule has 5 heterocycles. The lowest BCUT2D eigenvalue weighted by molar-refractivity contribution is -0.950. The molecule has 1 aromatic carbocycles. The minimum absolute atomic E-state index is 0.0103. The largest absolute Gasteiger partial charge is 0.518 e. The molecule has 42 heavy (non-hydrogen) atoms. The van der Waals surface area contributed by atoms with Gasteiger partial charge < -0.3 is 38.4 Å². The van der Waals surface area contributed by atoms with Gasteiger partial charge in [0, 0.05) is 35.4 Å². The van der Waals surface area contributed by atoms with Crippen LogP contribution in [-0.2, 0) is 30.4 Å². The van der Waals surface area contributed by atoms with E-state index < -0.39 is 52.4 Å². The van der Waals surface area contributed by atoms with Crippen LogP contribution in [0.2, 0.25) is 5.02 Å². The number of carboxylic acid groups (broad SMARTS) is 1. The van der Waals surface area contributed by atoms with Crippen molar-refractivity contribution in [3.8, 4) is 5.75 Å². The van der Waals surface area contributed by atoms with Gasteiger partial charge in [0.2, 0.25) is 6.23 Å². The number of hydrogen-bond donors (Lipinski definition) is 0. The highest BCUT2D eigenvalue weighted by Crippen LogP contribution is 2.42. The Bertz CT molecular complexity index is 1390. The first-order valence-corrected chi connectivity index (χ1v) is 13.9. The maximum Gasteiger partial charge on any atom is 0.518 e. The van der Waals surface area contributed by atoms with Crippen LogP contribution in [0.5, 0.6) is 5.75 Å². The number of ether oxygens (including phenoxy) is 5. The van der Waals surface area contributed by atoms with Crippen molar-refractivity contribution in [1.82, 2.24) is 4.98 Å². The molecule has 3 saturated heterocycles. The number of aryl methyl sites for hydroxylation is 1. The average Bonchev–Trinajstić information content (AvgIpc) is 3.67. The molecule has 0 aliphatic carbocycles.